The summed E-state index contributed by atoms with van der Waals surface area (Å²) >= 11 is 0. The van der Waals surface area contributed by atoms with Gasteiger partial charge in [0.25, 0.3) is 0 Å². The zero-order chi connectivity index (χ0) is 23.9. The van der Waals surface area contributed by atoms with Gasteiger partial charge in [0.1, 0.15) is 12.4 Å². The van der Waals surface area contributed by atoms with Gasteiger partial charge in [-0.2, -0.15) is 0 Å². The average Bonchev–Trinajstić information content (AvgIpc) is 3.25. The first kappa shape index (κ1) is 24.5. The predicted octanol–water partition coefficient (Wildman–Crippen LogP) is 4.91. The monoisotopic (exact) mass is 467 g/mol. The summed E-state index contributed by atoms with van der Waals surface area (Å²) in [5.41, 5.74) is 0.175. The van der Waals surface area contributed by atoms with Gasteiger partial charge in [-0.15, -0.1) is 0 Å². The van der Waals surface area contributed by atoms with Gasteiger partial charge in [0.15, 0.2) is 0 Å². The lowest BCUT2D eigenvalue weighted by Crippen LogP contribution is -2.28. The van der Waals surface area contributed by atoms with Gasteiger partial charge >= 0.3 is 5.97 Å². The van der Waals surface area contributed by atoms with Crippen LogP contribution in [0.1, 0.15) is 31.7 Å². The molecule has 0 fully saturated rings. The standard InChI is InChI=1S/C26H29NO5S/c1-20(16-25(28)32-19-22-8-5-4-6-9-22)17-26(14-7-15-27-26)18-21(2)33(29,30)24-12-10-23(31-3)11-13-24/h4-15,20H,2,16-19H2,1,3H3. The number of nitrogens with zero attached hydrogens (tertiary/aromatic N) is 1. The Hall–Kier alpha value is -3.19. The second kappa shape index (κ2) is 10.6. The van der Waals surface area contributed by atoms with Gasteiger partial charge in [0, 0.05) is 24.0 Å². The van der Waals surface area contributed by atoms with Gasteiger partial charge in [0.2, 0.25) is 9.84 Å². The van der Waals surface area contributed by atoms with Crippen LogP contribution in [0, 0.1) is 5.92 Å². The van der Waals surface area contributed by atoms with E-state index in [0.29, 0.717) is 12.2 Å². The number of hydrogen-bond acceptors (Lipinski definition) is 6. The van der Waals surface area contributed by atoms with Crippen LogP contribution in [-0.4, -0.2) is 33.3 Å². The number of allylic oxidation sites excluding steroid dienone is 1. The molecule has 0 saturated carbocycles. The molecule has 33 heavy (non-hydrogen) atoms. The highest BCUT2D eigenvalue weighted by Gasteiger charge is 2.35. The van der Waals surface area contributed by atoms with Crippen molar-refractivity contribution in [3.63, 3.8) is 0 Å². The number of carbonyl (C=O) groups excluding carboxylic acids is 1. The van der Waals surface area contributed by atoms with Crippen molar-refractivity contribution in [3.05, 3.63) is 83.8 Å². The highest BCUT2D eigenvalue weighted by Crippen LogP contribution is 2.36. The number of ether oxygens (including phenoxy) is 2. The lowest BCUT2D eigenvalue weighted by Gasteiger charge is -2.28. The van der Waals surface area contributed by atoms with Crippen LogP contribution in [0.15, 0.2) is 88.1 Å². The molecule has 2 aromatic rings. The fraction of sp³-hybridized carbons (Fsp3) is 0.308. The van der Waals surface area contributed by atoms with E-state index in [4.69, 9.17) is 9.47 Å². The smallest absolute Gasteiger partial charge is 0.306 e. The number of esters is 1. The van der Waals surface area contributed by atoms with Crippen molar-refractivity contribution in [1.29, 1.82) is 0 Å². The summed E-state index contributed by atoms with van der Waals surface area (Å²) in [7, 11) is -2.21. The van der Waals surface area contributed by atoms with E-state index in [1.165, 1.54) is 19.2 Å². The van der Waals surface area contributed by atoms with Gasteiger partial charge in [-0.25, -0.2) is 8.42 Å². The van der Waals surface area contributed by atoms with E-state index in [1.54, 1.807) is 24.4 Å². The van der Waals surface area contributed by atoms with Crippen molar-refractivity contribution >= 4 is 22.0 Å². The molecule has 0 N–H and O–H groups in total. The van der Waals surface area contributed by atoms with Crippen LogP contribution < -0.4 is 4.74 Å². The number of rotatable bonds is 11. The van der Waals surface area contributed by atoms with Crippen LogP contribution in [0.2, 0.25) is 0 Å². The minimum absolute atomic E-state index is 0.0651. The SMILES string of the molecule is C=C(CC1(CC(C)CC(=O)OCc2ccccc2)C=CC=N1)S(=O)(=O)c1ccc(OC)cc1. The van der Waals surface area contributed by atoms with E-state index in [-0.39, 0.29) is 41.1 Å². The summed E-state index contributed by atoms with van der Waals surface area (Å²) in [6.07, 6.45) is 6.19. The average molecular weight is 468 g/mol. The number of carbonyl (C=O) groups is 1. The number of sulfone groups is 1. The molecule has 0 radical (unpaired) electrons. The van der Waals surface area contributed by atoms with Crippen molar-refractivity contribution < 1.29 is 22.7 Å². The highest BCUT2D eigenvalue weighted by molar-refractivity contribution is 7.95. The van der Waals surface area contributed by atoms with Crippen LogP contribution in [0.4, 0.5) is 0 Å². The van der Waals surface area contributed by atoms with Gasteiger partial charge in [0.05, 0.1) is 17.5 Å². The molecule has 0 spiro atoms. The van der Waals surface area contributed by atoms with Crippen LogP contribution >= 0.6 is 0 Å². The van der Waals surface area contributed by atoms with E-state index in [9.17, 15) is 13.2 Å². The summed E-state index contributed by atoms with van der Waals surface area (Å²) in [6, 6.07) is 15.7. The molecule has 2 aromatic carbocycles. The first-order chi connectivity index (χ1) is 15.7. The van der Waals surface area contributed by atoms with Crippen LogP contribution in [0.5, 0.6) is 5.75 Å². The van der Waals surface area contributed by atoms with Gasteiger partial charge < -0.3 is 9.47 Å². The molecule has 2 unspecified atom stereocenters. The molecular weight excluding hydrogens is 438 g/mol. The Labute approximate surface area is 195 Å². The summed E-state index contributed by atoms with van der Waals surface area (Å²) in [5.74, 6) is 0.217. The normalized spacial score (nSPS) is 18.1. The Morgan fingerprint density at radius 1 is 1.12 bits per heavy atom. The Morgan fingerprint density at radius 2 is 1.82 bits per heavy atom. The molecular formula is C26H29NO5S. The predicted molar refractivity (Wildman–Crippen MR) is 129 cm³/mol. The van der Waals surface area contributed by atoms with E-state index in [2.05, 4.69) is 11.6 Å². The first-order valence-corrected chi connectivity index (χ1v) is 12.2. The maximum Gasteiger partial charge on any atom is 0.306 e. The van der Waals surface area contributed by atoms with E-state index >= 15 is 0 Å². The molecule has 0 saturated heterocycles. The number of hydrogen-bond donors (Lipinski definition) is 0. The van der Waals surface area contributed by atoms with Gasteiger partial charge in [-0.3, -0.25) is 9.79 Å². The van der Waals surface area contributed by atoms with Crippen molar-refractivity contribution in [3.8, 4) is 5.75 Å². The fourth-order valence-electron chi connectivity index (χ4n) is 3.87. The third kappa shape index (κ3) is 6.42. The minimum atomic E-state index is -3.74. The Bertz CT molecular complexity index is 1120. The van der Waals surface area contributed by atoms with E-state index in [0.717, 1.165) is 5.56 Å². The summed E-state index contributed by atoms with van der Waals surface area (Å²) in [5, 5.41) is 0. The minimum Gasteiger partial charge on any atom is -0.497 e. The Balaban J connectivity index is 1.62. The van der Waals surface area contributed by atoms with Crippen molar-refractivity contribution in [2.45, 2.75) is 43.2 Å². The fourth-order valence-corrected chi connectivity index (χ4v) is 5.14. The molecule has 1 heterocycles. The largest absolute Gasteiger partial charge is 0.497 e. The molecule has 7 heteroatoms. The molecule has 2 atom stereocenters. The molecule has 0 aliphatic carbocycles. The topological polar surface area (TPSA) is 82.0 Å². The second-order valence-electron chi connectivity index (χ2n) is 8.29. The molecule has 1 aliphatic rings. The van der Waals surface area contributed by atoms with Gasteiger partial charge in [-0.05, 0) is 48.2 Å². The molecule has 1 aliphatic heterocycles. The summed E-state index contributed by atoms with van der Waals surface area (Å²) < 4.78 is 36.6. The van der Waals surface area contributed by atoms with Gasteiger partial charge in [-0.1, -0.05) is 49.9 Å². The lowest BCUT2D eigenvalue weighted by molar-refractivity contribution is -0.146. The maximum atomic E-state index is 13.1. The van der Waals surface area contributed by atoms with Crippen LogP contribution in [0.3, 0.4) is 0 Å². The summed E-state index contributed by atoms with van der Waals surface area (Å²) in [4.78, 5) is 17.1. The van der Waals surface area contributed by atoms with Crippen molar-refractivity contribution in [1.82, 2.24) is 0 Å². The van der Waals surface area contributed by atoms with Crippen LogP contribution in [-0.2, 0) is 26.0 Å². The quantitative estimate of drug-likeness (QED) is 0.439. The van der Waals surface area contributed by atoms with E-state index in [1.807, 2.05) is 43.3 Å². The molecule has 174 valence electrons. The van der Waals surface area contributed by atoms with Crippen molar-refractivity contribution in [2.24, 2.45) is 10.9 Å². The number of aliphatic imine (C=N–C) groups is 1. The molecule has 6 nitrogen and oxygen atoms in total. The Kier molecular flexibility index (Phi) is 7.87. The molecule has 0 amide bonds. The second-order valence-corrected chi connectivity index (χ2v) is 10.4. The zero-order valence-electron chi connectivity index (χ0n) is 18.9. The molecule has 0 bridgehead atoms. The van der Waals surface area contributed by atoms with Crippen LogP contribution in [0.25, 0.3) is 0 Å². The maximum absolute atomic E-state index is 13.1. The third-order valence-electron chi connectivity index (χ3n) is 5.54. The summed E-state index contributed by atoms with van der Waals surface area (Å²) in [6.45, 7) is 6.03. The first-order valence-electron chi connectivity index (χ1n) is 10.7. The molecule has 3 rings (SSSR count). The molecule has 0 aromatic heterocycles. The lowest BCUT2D eigenvalue weighted by atomic mass is 9.85. The van der Waals surface area contributed by atoms with E-state index < -0.39 is 15.4 Å². The number of methoxy groups -OCH3 is 1. The highest BCUT2D eigenvalue weighted by atomic mass is 32.2. The Morgan fingerprint density at radius 3 is 2.42 bits per heavy atom. The zero-order valence-corrected chi connectivity index (χ0v) is 19.8. The van der Waals surface area contributed by atoms with Crippen molar-refractivity contribution in [2.75, 3.05) is 7.11 Å². The third-order valence-corrected chi connectivity index (χ3v) is 7.33. The number of benzene rings is 2.